The van der Waals surface area contributed by atoms with Gasteiger partial charge in [-0.05, 0) is 49.4 Å². The Morgan fingerprint density at radius 1 is 1.22 bits per heavy atom. The normalized spacial score (nSPS) is 17.3. The minimum atomic E-state index is -0.265. The van der Waals surface area contributed by atoms with Gasteiger partial charge in [-0.2, -0.15) is 5.10 Å². The first-order valence-corrected chi connectivity index (χ1v) is 9.92. The number of hydrogen-bond donors (Lipinski definition) is 1. The first kappa shape index (κ1) is 18.0. The quantitative estimate of drug-likeness (QED) is 0.833. The Morgan fingerprint density at radius 2 is 1.93 bits per heavy atom. The first-order chi connectivity index (χ1) is 13.1. The molecular formula is C21H27FN4O. The summed E-state index contributed by atoms with van der Waals surface area (Å²) in [4.78, 5) is 14.9. The van der Waals surface area contributed by atoms with Gasteiger partial charge in [0, 0.05) is 31.2 Å². The fourth-order valence-electron chi connectivity index (χ4n) is 4.02. The topological polar surface area (TPSA) is 50.2 Å². The predicted octanol–water partition coefficient (Wildman–Crippen LogP) is 4.09. The number of hydrogen-bond acceptors (Lipinski definition) is 2. The lowest BCUT2D eigenvalue weighted by Crippen LogP contribution is -2.44. The largest absolute Gasteiger partial charge is 0.334 e. The van der Waals surface area contributed by atoms with Gasteiger partial charge in [-0.15, -0.1) is 0 Å². The van der Waals surface area contributed by atoms with E-state index in [9.17, 15) is 9.18 Å². The van der Waals surface area contributed by atoms with E-state index in [-0.39, 0.29) is 17.9 Å². The second-order valence-electron chi connectivity index (χ2n) is 7.81. The van der Waals surface area contributed by atoms with Crippen LogP contribution < -0.4 is 5.32 Å². The molecule has 2 aliphatic rings. The van der Waals surface area contributed by atoms with Crippen molar-refractivity contribution in [3.63, 3.8) is 0 Å². The molecule has 144 valence electrons. The van der Waals surface area contributed by atoms with E-state index in [1.54, 1.807) is 12.1 Å². The highest BCUT2D eigenvalue weighted by atomic mass is 19.1. The molecule has 5 nitrogen and oxygen atoms in total. The Kier molecular flexibility index (Phi) is 5.14. The van der Waals surface area contributed by atoms with Crippen molar-refractivity contribution >= 4 is 6.03 Å². The van der Waals surface area contributed by atoms with Crippen LogP contribution in [0.1, 0.15) is 61.4 Å². The highest BCUT2D eigenvalue weighted by molar-refractivity contribution is 5.74. The zero-order chi connectivity index (χ0) is 18.8. The van der Waals surface area contributed by atoms with E-state index in [1.807, 2.05) is 16.6 Å². The minimum absolute atomic E-state index is 0.0650. The molecule has 0 aliphatic heterocycles. The van der Waals surface area contributed by atoms with Gasteiger partial charge in [0.1, 0.15) is 5.82 Å². The Labute approximate surface area is 159 Å². The SMILES string of the molecule is Cn1nc(CN(C(=O)NCc2ccc(F)cc2)C2CCCC2)cc1C1CC1. The average molecular weight is 370 g/mol. The van der Waals surface area contributed by atoms with Gasteiger partial charge in [-0.25, -0.2) is 9.18 Å². The zero-order valence-corrected chi connectivity index (χ0v) is 15.8. The third kappa shape index (κ3) is 4.31. The zero-order valence-electron chi connectivity index (χ0n) is 15.8. The van der Waals surface area contributed by atoms with Crippen molar-refractivity contribution in [2.75, 3.05) is 0 Å². The van der Waals surface area contributed by atoms with Crippen molar-refractivity contribution in [1.82, 2.24) is 20.0 Å². The van der Waals surface area contributed by atoms with Crippen LogP contribution in [0.5, 0.6) is 0 Å². The van der Waals surface area contributed by atoms with Crippen molar-refractivity contribution in [1.29, 1.82) is 0 Å². The summed E-state index contributed by atoms with van der Waals surface area (Å²) in [5.41, 5.74) is 3.14. The lowest BCUT2D eigenvalue weighted by Gasteiger charge is -2.28. The average Bonchev–Trinajstić information content (AvgIpc) is 3.22. The summed E-state index contributed by atoms with van der Waals surface area (Å²) in [6.07, 6.45) is 6.91. The van der Waals surface area contributed by atoms with Crippen molar-refractivity contribution in [3.8, 4) is 0 Å². The predicted molar refractivity (Wildman–Crippen MR) is 102 cm³/mol. The number of nitrogens with one attached hydrogen (secondary N) is 1. The van der Waals surface area contributed by atoms with E-state index in [0.717, 1.165) is 24.1 Å². The Balaban J connectivity index is 1.44. The molecule has 0 radical (unpaired) electrons. The maximum atomic E-state index is 13.1. The van der Waals surface area contributed by atoms with Gasteiger partial charge in [-0.1, -0.05) is 25.0 Å². The van der Waals surface area contributed by atoms with E-state index in [0.29, 0.717) is 19.0 Å². The Hall–Kier alpha value is -2.37. The maximum absolute atomic E-state index is 13.1. The van der Waals surface area contributed by atoms with E-state index in [4.69, 9.17) is 0 Å². The van der Waals surface area contributed by atoms with E-state index in [1.165, 1.54) is 43.5 Å². The van der Waals surface area contributed by atoms with Gasteiger partial charge in [-0.3, -0.25) is 4.68 Å². The Bertz CT molecular complexity index is 791. The smallest absolute Gasteiger partial charge is 0.318 e. The fraction of sp³-hybridized carbons (Fsp3) is 0.524. The molecule has 0 atom stereocenters. The highest BCUT2D eigenvalue weighted by Crippen LogP contribution is 2.40. The first-order valence-electron chi connectivity index (χ1n) is 9.92. The van der Waals surface area contributed by atoms with Gasteiger partial charge in [0.15, 0.2) is 0 Å². The number of carbonyl (C=O) groups is 1. The van der Waals surface area contributed by atoms with Gasteiger partial charge >= 0.3 is 6.03 Å². The lowest BCUT2D eigenvalue weighted by molar-refractivity contribution is 0.169. The number of urea groups is 1. The standard InChI is InChI=1S/C21H27FN4O/c1-25-20(16-8-9-16)12-18(24-25)14-26(19-4-2-3-5-19)21(27)23-13-15-6-10-17(22)11-7-15/h6-7,10-12,16,19H,2-5,8-9,13-14H2,1H3,(H,23,27). The van der Waals surface area contributed by atoms with Crippen LogP contribution in [0.25, 0.3) is 0 Å². The molecule has 1 aromatic heterocycles. The molecule has 0 bridgehead atoms. The number of amides is 2. The molecule has 2 fully saturated rings. The molecule has 27 heavy (non-hydrogen) atoms. The van der Waals surface area contributed by atoms with Gasteiger partial charge in [0.05, 0.1) is 12.2 Å². The number of aromatic nitrogens is 2. The molecule has 4 rings (SSSR count). The lowest BCUT2D eigenvalue weighted by atomic mass is 10.2. The van der Waals surface area contributed by atoms with Crippen LogP contribution >= 0.6 is 0 Å². The number of carbonyl (C=O) groups excluding carboxylic acids is 1. The highest BCUT2D eigenvalue weighted by Gasteiger charge is 2.30. The van der Waals surface area contributed by atoms with Gasteiger partial charge < -0.3 is 10.2 Å². The van der Waals surface area contributed by atoms with E-state index in [2.05, 4.69) is 16.5 Å². The molecule has 1 aromatic carbocycles. The van der Waals surface area contributed by atoms with Crippen LogP contribution in [-0.4, -0.2) is 26.8 Å². The summed E-state index contributed by atoms with van der Waals surface area (Å²) >= 11 is 0. The summed E-state index contributed by atoms with van der Waals surface area (Å²) in [6, 6.07) is 8.61. The van der Waals surface area contributed by atoms with E-state index < -0.39 is 0 Å². The molecule has 2 aliphatic carbocycles. The molecule has 0 saturated heterocycles. The summed E-state index contributed by atoms with van der Waals surface area (Å²) in [5, 5.41) is 7.65. The second kappa shape index (κ2) is 7.71. The number of halogens is 1. The van der Waals surface area contributed by atoms with Crippen LogP contribution in [0.2, 0.25) is 0 Å². The van der Waals surface area contributed by atoms with Gasteiger partial charge in [0.2, 0.25) is 0 Å². The number of rotatable bonds is 6. The molecule has 1 heterocycles. The number of benzene rings is 1. The van der Waals surface area contributed by atoms with Gasteiger partial charge in [0.25, 0.3) is 0 Å². The summed E-state index contributed by atoms with van der Waals surface area (Å²) in [5.74, 6) is 0.378. The number of nitrogens with zero attached hydrogens (tertiary/aromatic N) is 3. The second-order valence-corrected chi connectivity index (χ2v) is 7.81. The van der Waals surface area contributed by atoms with Crippen LogP contribution in [-0.2, 0) is 20.1 Å². The van der Waals surface area contributed by atoms with Crippen molar-refractivity contribution in [2.24, 2.45) is 7.05 Å². The van der Waals surface area contributed by atoms with Crippen LogP contribution in [0.15, 0.2) is 30.3 Å². The molecule has 6 heteroatoms. The molecule has 2 saturated carbocycles. The maximum Gasteiger partial charge on any atom is 0.318 e. The van der Waals surface area contributed by atoms with Crippen LogP contribution in [0.3, 0.4) is 0 Å². The van der Waals surface area contributed by atoms with Crippen molar-refractivity contribution < 1.29 is 9.18 Å². The summed E-state index contributed by atoms with van der Waals surface area (Å²) in [6.45, 7) is 0.943. The molecule has 0 spiro atoms. The van der Waals surface area contributed by atoms with Crippen LogP contribution in [0, 0.1) is 5.82 Å². The fourth-order valence-corrected chi connectivity index (χ4v) is 4.02. The van der Waals surface area contributed by atoms with Crippen molar-refractivity contribution in [3.05, 3.63) is 53.1 Å². The summed E-state index contributed by atoms with van der Waals surface area (Å²) < 4.78 is 15.0. The van der Waals surface area contributed by atoms with E-state index >= 15 is 0 Å². The Morgan fingerprint density at radius 3 is 2.59 bits per heavy atom. The summed E-state index contributed by atoms with van der Waals surface area (Å²) in [7, 11) is 1.99. The third-order valence-electron chi connectivity index (χ3n) is 5.68. The molecular weight excluding hydrogens is 343 g/mol. The van der Waals surface area contributed by atoms with Crippen LogP contribution in [0.4, 0.5) is 9.18 Å². The third-order valence-corrected chi connectivity index (χ3v) is 5.68. The molecule has 2 aromatic rings. The monoisotopic (exact) mass is 370 g/mol. The molecule has 1 N–H and O–H groups in total. The van der Waals surface area contributed by atoms with Crippen molar-refractivity contribution in [2.45, 2.75) is 63.6 Å². The molecule has 0 unspecified atom stereocenters. The minimum Gasteiger partial charge on any atom is -0.334 e. The number of aryl methyl sites for hydroxylation is 1. The molecule has 2 amide bonds.